The number of hydrogen-bond acceptors (Lipinski definition) is 5. The zero-order valence-electron chi connectivity index (χ0n) is 18.9. The first-order valence-electron chi connectivity index (χ1n) is 10.7. The minimum atomic E-state index is -1.07. The topological polar surface area (TPSA) is 85.7 Å². The summed E-state index contributed by atoms with van der Waals surface area (Å²) in [6.45, 7) is 8.90. The molecule has 2 atom stereocenters. The molecule has 0 spiro atoms. The first-order valence-corrected chi connectivity index (χ1v) is 10.7. The molecule has 0 aliphatic heterocycles. The number of esters is 1. The Morgan fingerprint density at radius 1 is 1.26 bits per heavy atom. The number of fused-ring (bicyclic) bond motifs is 1. The molecule has 166 valence electrons. The standard InChI is InChI=1S/C25H31NO5/c1-15-11-21-18(12-19(15)23(24(28)29)31-25(3,4)5)13-20(17-9-7-6-8-10-17)22(26-21)14-30-16(2)27/h7,9,11-13,17,23H,6,8,10,14H2,1-5H3,(H,28,29). The molecule has 0 fully saturated rings. The number of carboxylic acids is 1. The van der Waals surface area contributed by atoms with E-state index in [-0.39, 0.29) is 18.5 Å². The van der Waals surface area contributed by atoms with E-state index in [9.17, 15) is 14.7 Å². The number of carboxylic acid groups (broad SMARTS) is 1. The lowest BCUT2D eigenvalue weighted by Crippen LogP contribution is -2.27. The van der Waals surface area contributed by atoms with Gasteiger partial charge < -0.3 is 14.6 Å². The maximum atomic E-state index is 12.0. The third-order valence-corrected chi connectivity index (χ3v) is 5.36. The molecule has 1 N–H and O–H groups in total. The fraction of sp³-hybridized carbons (Fsp3) is 0.480. The summed E-state index contributed by atoms with van der Waals surface area (Å²) in [7, 11) is 0. The molecular formula is C25H31NO5. The largest absolute Gasteiger partial charge is 0.479 e. The zero-order valence-corrected chi connectivity index (χ0v) is 18.9. The van der Waals surface area contributed by atoms with E-state index < -0.39 is 17.7 Å². The number of carbonyl (C=O) groups excluding carboxylic acids is 1. The Hall–Kier alpha value is -2.73. The molecular weight excluding hydrogens is 394 g/mol. The number of pyridine rings is 1. The Balaban J connectivity index is 2.13. The molecule has 6 nitrogen and oxygen atoms in total. The number of ether oxygens (including phenoxy) is 2. The summed E-state index contributed by atoms with van der Waals surface area (Å²) in [4.78, 5) is 28.2. The van der Waals surface area contributed by atoms with Gasteiger partial charge in [-0.25, -0.2) is 9.78 Å². The fourth-order valence-corrected chi connectivity index (χ4v) is 3.96. The number of carbonyl (C=O) groups is 2. The van der Waals surface area contributed by atoms with Crippen molar-refractivity contribution in [2.45, 2.75) is 78.1 Å². The van der Waals surface area contributed by atoms with Crippen LogP contribution < -0.4 is 0 Å². The molecule has 1 aromatic carbocycles. The highest BCUT2D eigenvalue weighted by atomic mass is 16.5. The number of rotatable bonds is 6. The molecule has 0 radical (unpaired) electrons. The quantitative estimate of drug-likeness (QED) is 0.495. The Kier molecular flexibility index (Phi) is 6.80. The highest BCUT2D eigenvalue weighted by Crippen LogP contribution is 2.34. The minimum absolute atomic E-state index is 0.122. The van der Waals surface area contributed by atoms with Gasteiger partial charge in [-0.2, -0.15) is 0 Å². The van der Waals surface area contributed by atoms with Crippen LogP contribution in [0, 0.1) is 6.92 Å². The normalized spacial score (nSPS) is 17.5. The van der Waals surface area contributed by atoms with Gasteiger partial charge in [0, 0.05) is 18.2 Å². The van der Waals surface area contributed by atoms with Gasteiger partial charge in [0.05, 0.1) is 16.8 Å². The molecule has 0 saturated heterocycles. The number of aryl methyl sites for hydroxylation is 1. The van der Waals surface area contributed by atoms with Crippen molar-refractivity contribution in [1.82, 2.24) is 4.98 Å². The molecule has 0 saturated carbocycles. The van der Waals surface area contributed by atoms with Crippen molar-refractivity contribution in [1.29, 1.82) is 0 Å². The second-order valence-corrected chi connectivity index (χ2v) is 9.12. The summed E-state index contributed by atoms with van der Waals surface area (Å²) < 4.78 is 11.1. The molecule has 1 aliphatic rings. The van der Waals surface area contributed by atoms with Crippen molar-refractivity contribution < 1.29 is 24.2 Å². The maximum absolute atomic E-state index is 12.0. The van der Waals surface area contributed by atoms with Crippen molar-refractivity contribution in [3.05, 3.63) is 52.7 Å². The third-order valence-electron chi connectivity index (χ3n) is 5.36. The van der Waals surface area contributed by atoms with Gasteiger partial charge in [-0.15, -0.1) is 0 Å². The summed E-state index contributed by atoms with van der Waals surface area (Å²) in [5.41, 5.74) is 3.31. The molecule has 3 rings (SSSR count). The first-order chi connectivity index (χ1) is 14.5. The van der Waals surface area contributed by atoms with Gasteiger partial charge in [-0.3, -0.25) is 4.79 Å². The Labute approximate surface area is 183 Å². The summed E-state index contributed by atoms with van der Waals surface area (Å²) in [6, 6.07) is 5.80. The lowest BCUT2D eigenvalue weighted by Gasteiger charge is -2.26. The van der Waals surface area contributed by atoms with E-state index in [1.54, 1.807) is 0 Å². The molecule has 6 heteroatoms. The van der Waals surface area contributed by atoms with Gasteiger partial charge in [-0.1, -0.05) is 12.2 Å². The van der Waals surface area contributed by atoms with Crippen LogP contribution >= 0.6 is 0 Å². The minimum Gasteiger partial charge on any atom is -0.479 e. The lowest BCUT2D eigenvalue weighted by atomic mass is 9.87. The Bertz CT molecular complexity index is 1020. The second kappa shape index (κ2) is 9.18. The average Bonchev–Trinajstić information content (AvgIpc) is 2.69. The van der Waals surface area contributed by atoms with Gasteiger partial charge in [0.2, 0.25) is 0 Å². The molecule has 2 unspecified atom stereocenters. The number of allylic oxidation sites excluding steroid dienone is 2. The molecule has 2 aromatic rings. The average molecular weight is 426 g/mol. The molecule has 31 heavy (non-hydrogen) atoms. The summed E-state index contributed by atoms with van der Waals surface area (Å²) in [5.74, 6) is -1.17. The number of nitrogens with zero attached hydrogens (tertiary/aromatic N) is 1. The van der Waals surface area contributed by atoms with Gasteiger partial charge >= 0.3 is 11.9 Å². The van der Waals surface area contributed by atoms with Crippen LogP contribution in [0.2, 0.25) is 0 Å². The molecule has 1 heterocycles. The smallest absolute Gasteiger partial charge is 0.337 e. The van der Waals surface area contributed by atoms with E-state index in [0.717, 1.165) is 47.0 Å². The first kappa shape index (κ1) is 22.9. The highest BCUT2D eigenvalue weighted by molar-refractivity contribution is 5.84. The molecule has 1 aromatic heterocycles. The van der Waals surface area contributed by atoms with E-state index in [1.807, 2.05) is 39.8 Å². The van der Waals surface area contributed by atoms with Crippen LogP contribution in [0.4, 0.5) is 0 Å². The van der Waals surface area contributed by atoms with Gasteiger partial charge in [-0.05, 0) is 81.8 Å². The van der Waals surface area contributed by atoms with Crippen LogP contribution in [0.3, 0.4) is 0 Å². The van der Waals surface area contributed by atoms with E-state index in [1.165, 1.54) is 6.92 Å². The van der Waals surface area contributed by atoms with E-state index in [2.05, 4.69) is 18.2 Å². The fourth-order valence-electron chi connectivity index (χ4n) is 3.96. The zero-order chi connectivity index (χ0) is 22.8. The van der Waals surface area contributed by atoms with Crippen molar-refractivity contribution in [2.75, 3.05) is 0 Å². The summed E-state index contributed by atoms with van der Waals surface area (Å²) in [6.07, 6.45) is 6.44. The number of benzene rings is 1. The number of aliphatic carboxylic acids is 1. The molecule has 0 bridgehead atoms. The summed E-state index contributed by atoms with van der Waals surface area (Å²) >= 11 is 0. The van der Waals surface area contributed by atoms with Gasteiger partial charge in [0.15, 0.2) is 6.10 Å². The number of aromatic nitrogens is 1. The second-order valence-electron chi connectivity index (χ2n) is 9.12. The van der Waals surface area contributed by atoms with Crippen molar-refractivity contribution in [2.24, 2.45) is 0 Å². The van der Waals surface area contributed by atoms with E-state index in [0.29, 0.717) is 5.56 Å². The third kappa shape index (κ3) is 5.70. The monoisotopic (exact) mass is 425 g/mol. The lowest BCUT2D eigenvalue weighted by molar-refractivity contribution is -0.160. The van der Waals surface area contributed by atoms with Gasteiger partial charge in [0.25, 0.3) is 0 Å². The maximum Gasteiger partial charge on any atom is 0.337 e. The van der Waals surface area contributed by atoms with E-state index in [4.69, 9.17) is 14.5 Å². The SMILES string of the molecule is CC(=O)OCc1nc2cc(C)c(C(OC(C)(C)C)C(=O)O)cc2cc1C1C=CCCC1. The van der Waals surface area contributed by atoms with Crippen molar-refractivity contribution in [3.8, 4) is 0 Å². The molecule has 0 amide bonds. The molecule has 1 aliphatic carbocycles. The Morgan fingerprint density at radius 3 is 2.58 bits per heavy atom. The predicted octanol–water partition coefficient (Wildman–Crippen LogP) is 5.37. The van der Waals surface area contributed by atoms with Crippen LogP contribution in [0.5, 0.6) is 0 Å². The summed E-state index contributed by atoms with van der Waals surface area (Å²) in [5, 5.41) is 10.7. The van der Waals surface area contributed by atoms with Crippen LogP contribution in [0.15, 0.2) is 30.4 Å². The number of hydrogen-bond donors (Lipinski definition) is 1. The van der Waals surface area contributed by atoms with Crippen molar-refractivity contribution in [3.63, 3.8) is 0 Å². The van der Waals surface area contributed by atoms with Crippen LogP contribution in [-0.4, -0.2) is 27.6 Å². The van der Waals surface area contributed by atoms with Crippen LogP contribution in [0.25, 0.3) is 10.9 Å². The van der Waals surface area contributed by atoms with Crippen LogP contribution in [-0.2, 0) is 25.7 Å². The van der Waals surface area contributed by atoms with Gasteiger partial charge in [0.1, 0.15) is 6.61 Å². The van der Waals surface area contributed by atoms with Crippen molar-refractivity contribution >= 4 is 22.8 Å². The Morgan fingerprint density at radius 2 is 2.00 bits per heavy atom. The van der Waals surface area contributed by atoms with Crippen LogP contribution in [0.1, 0.15) is 81.4 Å². The highest BCUT2D eigenvalue weighted by Gasteiger charge is 2.28. The predicted molar refractivity (Wildman–Crippen MR) is 119 cm³/mol. The van der Waals surface area contributed by atoms with E-state index >= 15 is 0 Å².